The van der Waals surface area contributed by atoms with Crippen molar-refractivity contribution < 1.29 is 18.9 Å². The number of aliphatic hydroxyl groups excluding tert-OH is 1. The Balaban J connectivity index is 1.42. The minimum Gasteiger partial charge on any atom is -0.386 e. The van der Waals surface area contributed by atoms with Crippen LogP contribution in [-0.2, 0) is 13.8 Å². The van der Waals surface area contributed by atoms with Gasteiger partial charge in [0.2, 0.25) is 5.78 Å². The summed E-state index contributed by atoms with van der Waals surface area (Å²) < 4.78 is 21.4. The molecule has 1 aromatic carbocycles. The van der Waals surface area contributed by atoms with Crippen molar-refractivity contribution in [3.05, 3.63) is 64.4 Å². The van der Waals surface area contributed by atoms with E-state index in [2.05, 4.69) is 9.97 Å². The summed E-state index contributed by atoms with van der Waals surface area (Å²) in [5.74, 6) is 0.376. The van der Waals surface area contributed by atoms with Gasteiger partial charge in [-0.1, -0.05) is 36.4 Å². The molecule has 2 N–H and O–H groups in total. The van der Waals surface area contributed by atoms with Crippen LogP contribution in [0.5, 0.6) is 0 Å². The van der Waals surface area contributed by atoms with Crippen LogP contribution in [0.15, 0.2) is 68.2 Å². The minimum atomic E-state index is -0.972. The molecular formula is C22H18N5O5PS2. The molecule has 0 saturated carbocycles. The molecule has 0 spiro atoms. The fraction of sp³-hybridized carbons (Fsp3) is 0.227. The number of aliphatic hydroxyl groups is 1. The number of ether oxygens (including phenoxy) is 1. The molecule has 7 rings (SSSR count). The third kappa shape index (κ3) is 3.56. The summed E-state index contributed by atoms with van der Waals surface area (Å²) in [6, 6.07) is 13.6. The predicted octanol–water partition coefficient (Wildman–Crippen LogP) is 3.43. The number of aromatic nitrogens is 5. The number of fused-ring (bicyclic) bond motifs is 3. The highest BCUT2D eigenvalue weighted by Gasteiger charge is 2.49. The number of rotatable bonds is 4. The summed E-state index contributed by atoms with van der Waals surface area (Å²) in [6.45, 7) is 0.327. The van der Waals surface area contributed by atoms with Crippen LogP contribution in [0.1, 0.15) is 6.23 Å². The van der Waals surface area contributed by atoms with Crippen molar-refractivity contribution in [1.82, 2.24) is 23.9 Å². The zero-order chi connectivity index (χ0) is 23.5. The molecule has 5 aromatic rings. The Bertz CT molecular complexity index is 1580. The SMILES string of the molecule is O=c1c2nc(Sc3cccs3)n(C3OC4COPOC4C3O)c2nc2[nH]c(-c3ccccc3)cn12. The van der Waals surface area contributed by atoms with Crippen molar-refractivity contribution >= 4 is 49.1 Å². The molecule has 13 heteroatoms. The number of aromatic amines is 1. The topological polar surface area (TPSA) is 116 Å². The summed E-state index contributed by atoms with van der Waals surface area (Å²) in [5, 5.41) is 13.6. The van der Waals surface area contributed by atoms with Gasteiger partial charge in [-0.2, -0.15) is 4.98 Å². The van der Waals surface area contributed by atoms with Crippen LogP contribution in [0.3, 0.4) is 0 Å². The highest BCUT2D eigenvalue weighted by Crippen LogP contribution is 2.43. The molecule has 0 aliphatic carbocycles. The normalized spacial score (nSPS) is 25.1. The summed E-state index contributed by atoms with van der Waals surface area (Å²) >= 11 is 2.96. The van der Waals surface area contributed by atoms with Gasteiger partial charge in [-0.25, -0.2) is 9.38 Å². The molecule has 10 nitrogen and oxygen atoms in total. The summed E-state index contributed by atoms with van der Waals surface area (Å²) in [4.78, 5) is 26.2. The number of benzene rings is 1. The van der Waals surface area contributed by atoms with Crippen molar-refractivity contribution in [3.63, 3.8) is 0 Å². The van der Waals surface area contributed by atoms with E-state index in [0.29, 0.717) is 23.2 Å². The van der Waals surface area contributed by atoms with Crippen molar-refractivity contribution in [2.24, 2.45) is 0 Å². The van der Waals surface area contributed by atoms with E-state index in [1.165, 1.54) is 16.2 Å². The Morgan fingerprint density at radius 2 is 2.09 bits per heavy atom. The van der Waals surface area contributed by atoms with Gasteiger partial charge in [-0.05, 0) is 28.8 Å². The molecule has 35 heavy (non-hydrogen) atoms. The highest BCUT2D eigenvalue weighted by molar-refractivity contribution is 8.01. The molecule has 2 aliphatic heterocycles. The maximum absolute atomic E-state index is 13.5. The lowest BCUT2D eigenvalue weighted by molar-refractivity contribution is -0.0553. The van der Waals surface area contributed by atoms with Crippen molar-refractivity contribution in [3.8, 4) is 11.3 Å². The average Bonchev–Trinajstić information content (AvgIpc) is 3.67. The average molecular weight is 528 g/mol. The highest BCUT2D eigenvalue weighted by atomic mass is 32.2. The second-order valence-corrected chi connectivity index (χ2v) is 11.1. The molecule has 0 bridgehead atoms. The Morgan fingerprint density at radius 3 is 2.89 bits per heavy atom. The van der Waals surface area contributed by atoms with Gasteiger partial charge in [0.05, 0.1) is 16.5 Å². The molecule has 0 radical (unpaired) electrons. The number of nitrogens with zero attached hydrogens (tertiary/aromatic N) is 4. The van der Waals surface area contributed by atoms with E-state index in [1.54, 1.807) is 22.1 Å². The van der Waals surface area contributed by atoms with E-state index in [0.717, 1.165) is 15.5 Å². The van der Waals surface area contributed by atoms with Crippen LogP contribution in [0.25, 0.3) is 28.2 Å². The van der Waals surface area contributed by atoms with Gasteiger partial charge in [0.25, 0.3) is 5.56 Å². The molecule has 0 amide bonds. The molecule has 6 heterocycles. The lowest BCUT2D eigenvalue weighted by Crippen LogP contribution is -2.37. The quantitative estimate of drug-likeness (QED) is 0.342. The Labute approximate surface area is 207 Å². The number of H-pyrrole nitrogens is 1. The van der Waals surface area contributed by atoms with Gasteiger partial charge >= 0.3 is 0 Å². The summed E-state index contributed by atoms with van der Waals surface area (Å²) in [5.41, 5.74) is 1.92. The number of thiophene rings is 1. The third-order valence-corrected chi connectivity index (χ3v) is 8.71. The van der Waals surface area contributed by atoms with Gasteiger partial charge in [0, 0.05) is 6.20 Å². The summed E-state index contributed by atoms with van der Waals surface area (Å²) in [7, 11) is -0.152. The van der Waals surface area contributed by atoms with Crippen LogP contribution < -0.4 is 5.56 Å². The van der Waals surface area contributed by atoms with Crippen molar-refractivity contribution in [1.29, 1.82) is 0 Å². The molecule has 2 saturated heterocycles. The molecule has 2 fully saturated rings. The molecule has 2 aliphatic rings. The zero-order valence-electron chi connectivity index (χ0n) is 17.9. The van der Waals surface area contributed by atoms with Gasteiger partial charge in [-0.3, -0.25) is 9.36 Å². The first-order chi connectivity index (χ1) is 17.2. The van der Waals surface area contributed by atoms with Crippen molar-refractivity contribution in [2.45, 2.75) is 33.9 Å². The van der Waals surface area contributed by atoms with E-state index in [4.69, 9.17) is 18.8 Å². The fourth-order valence-corrected chi connectivity index (χ4v) is 6.89. The second kappa shape index (κ2) is 8.52. The van der Waals surface area contributed by atoms with E-state index < -0.39 is 24.5 Å². The van der Waals surface area contributed by atoms with E-state index in [-0.39, 0.29) is 20.1 Å². The Hall–Kier alpha value is -2.57. The molecule has 5 unspecified atom stereocenters. The lowest BCUT2D eigenvalue weighted by Gasteiger charge is -2.24. The zero-order valence-corrected chi connectivity index (χ0v) is 20.5. The number of imidazole rings is 2. The third-order valence-electron chi connectivity index (χ3n) is 6.05. The first kappa shape index (κ1) is 21.7. The van der Waals surface area contributed by atoms with Crippen LogP contribution in [-0.4, -0.2) is 53.9 Å². The van der Waals surface area contributed by atoms with E-state index in [1.807, 2.05) is 47.8 Å². The molecule has 5 atom stereocenters. The first-order valence-electron chi connectivity index (χ1n) is 10.8. The Kier molecular flexibility index (Phi) is 5.28. The Morgan fingerprint density at radius 1 is 1.20 bits per heavy atom. The molecular weight excluding hydrogens is 509 g/mol. The van der Waals surface area contributed by atoms with Crippen LogP contribution in [0, 0.1) is 0 Å². The van der Waals surface area contributed by atoms with Gasteiger partial charge < -0.3 is 23.9 Å². The molecule has 178 valence electrons. The number of hydrogen-bond acceptors (Lipinski definition) is 9. The predicted molar refractivity (Wildman–Crippen MR) is 132 cm³/mol. The maximum Gasteiger partial charge on any atom is 0.287 e. The van der Waals surface area contributed by atoms with Gasteiger partial charge in [0.1, 0.15) is 18.3 Å². The van der Waals surface area contributed by atoms with E-state index in [9.17, 15) is 9.90 Å². The lowest BCUT2D eigenvalue weighted by atomic mass is 10.1. The number of hydrogen-bond donors (Lipinski definition) is 2. The minimum absolute atomic E-state index is 0.152. The molecule has 4 aromatic heterocycles. The van der Waals surface area contributed by atoms with Crippen molar-refractivity contribution in [2.75, 3.05) is 6.61 Å². The number of nitrogens with one attached hydrogen (secondary N) is 1. The van der Waals surface area contributed by atoms with E-state index >= 15 is 0 Å². The second-order valence-electron chi connectivity index (χ2n) is 8.15. The van der Waals surface area contributed by atoms with Crippen LogP contribution >= 0.6 is 32.1 Å². The standard InChI is InChI=1S/C22H18N5O5PS2/c28-16-17-13(10-30-33-32-17)31-20(16)27-18-15(24-22(27)35-14-7-4-8-34-14)19(29)26-9-12(23-21(26)25-18)11-5-2-1-3-6-11/h1-9,13,16-17,20,28,33H,10H2,(H,23,25). The summed E-state index contributed by atoms with van der Waals surface area (Å²) in [6.07, 6.45) is -1.02. The first-order valence-corrected chi connectivity index (χ1v) is 13.3. The largest absolute Gasteiger partial charge is 0.386 e. The van der Waals surface area contributed by atoms with Crippen LogP contribution in [0.2, 0.25) is 0 Å². The van der Waals surface area contributed by atoms with Gasteiger partial charge in [-0.15, -0.1) is 11.3 Å². The smallest absolute Gasteiger partial charge is 0.287 e. The van der Waals surface area contributed by atoms with Crippen LogP contribution in [0.4, 0.5) is 0 Å². The maximum atomic E-state index is 13.5. The van der Waals surface area contributed by atoms with Gasteiger partial charge in [0.15, 0.2) is 31.6 Å². The monoisotopic (exact) mass is 527 g/mol. The fourth-order valence-electron chi connectivity index (χ4n) is 4.40.